The van der Waals surface area contributed by atoms with E-state index in [1.807, 2.05) is 52.0 Å². The van der Waals surface area contributed by atoms with Gasteiger partial charge in [0.2, 0.25) is 0 Å². The molecule has 0 bridgehead atoms. The average Bonchev–Trinajstić information content (AvgIpc) is 2.83. The van der Waals surface area contributed by atoms with Crippen molar-refractivity contribution in [3.8, 4) is 0 Å². The van der Waals surface area contributed by atoms with E-state index in [2.05, 4.69) is 0 Å². The van der Waals surface area contributed by atoms with Crippen molar-refractivity contribution in [1.29, 1.82) is 0 Å². The van der Waals surface area contributed by atoms with Crippen molar-refractivity contribution in [1.82, 2.24) is 0 Å². The number of benzene rings is 3. The van der Waals surface area contributed by atoms with Gasteiger partial charge in [-0.2, -0.15) is 43.2 Å². The lowest BCUT2D eigenvalue weighted by Crippen LogP contribution is -2.30. The van der Waals surface area contributed by atoms with Gasteiger partial charge < -0.3 is 0 Å². The predicted molar refractivity (Wildman–Crippen MR) is 141 cm³/mol. The molecule has 0 amide bonds. The Labute approximate surface area is 228 Å². The maximum atomic E-state index is 12.8. The zero-order chi connectivity index (χ0) is 30.4. The molecule has 3 aromatic rings. The Morgan fingerprint density at radius 1 is 0.500 bits per heavy atom. The number of halogens is 6. The molecule has 3 aromatic carbocycles. The quantitative estimate of drug-likeness (QED) is 0.273. The molecule has 2 N–H and O–H groups in total. The second kappa shape index (κ2) is 10.3. The van der Waals surface area contributed by atoms with Crippen molar-refractivity contribution in [2.75, 3.05) is 9.44 Å². The highest BCUT2D eigenvalue weighted by molar-refractivity contribution is 7.93. The van der Waals surface area contributed by atoms with Crippen LogP contribution in [0.4, 0.5) is 37.7 Å². The van der Waals surface area contributed by atoms with Gasteiger partial charge in [0, 0.05) is 22.2 Å². The fourth-order valence-electron chi connectivity index (χ4n) is 3.99. The molecule has 0 radical (unpaired) electrons. The Balaban J connectivity index is 1.85. The number of rotatable bonds is 8. The minimum atomic E-state index is -5.58. The topological polar surface area (TPSA) is 92.3 Å². The first-order valence-electron chi connectivity index (χ1n) is 11.6. The molecule has 6 nitrogen and oxygen atoms in total. The largest absolute Gasteiger partial charge is 0.516 e. The van der Waals surface area contributed by atoms with Crippen LogP contribution in [0.1, 0.15) is 49.9 Å². The highest BCUT2D eigenvalue weighted by Crippen LogP contribution is 2.37. The molecule has 0 saturated heterocycles. The number of anilines is 2. The third-order valence-corrected chi connectivity index (χ3v) is 8.86. The highest BCUT2D eigenvalue weighted by atomic mass is 32.2. The van der Waals surface area contributed by atoms with Crippen LogP contribution in [0.5, 0.6) is 0 Å². The van der Waals surface area contributed by atoms with Crippen LogP contribution in [0, 0.1) is 0 Å². The van der Waals surface area contributed by atoms with Crippen LogP contribution in [-0.4, -0.2) is 27.9 Å². The summed E-state index contributed by atoms with van der Waals surface area (Å²) >= 11 is 0. The molecule has 0 spiro atoms. The van der Waals surface area contributed by atoms with Crippen molar-refractivity contribution in [2.24, 2.45) is 0 Å². The van der Waals surface area contributed by atoms with E-state index < -0.39 is 41.9 Å². The molecule has 3 rings (SSSR count). The number of hydrogen-bond acceptors (Lipinski definition) is 4. The van der Waals surface area contributed by atoms with E-state index >= 15 is 0 Å². The molecule has 0 atom stereocenters. The Morgan fingerprint density at radius 3 is 1.25 bits per heavy atom. The van der Waals surface area contributed by atoms with E-state index in [4.69, 9.17) is 0 Å². The SMILES string of the molecule is CC(C)(c1ccc(NS(=O)(=O)C(F)(F)F)cc1)c1ccc(C(C)(C)c2cccc(NS(=O)(=O)C(F)(F)F)c2)cc1. The molecule has 0 aliphatic heterocycles. The molecule has 0 fully saturated rings. The summed E-state index contributed by atoms with van der Waals surface area (Å²) in [6.07, 6.45) is 0. The fourth-order valence-corrected chi connectivity index (χ4v) is 5.10. The molecular formula is C26H26F6N2O4S2. The summed E-state index contributed by atoms with van der Waals surface area (Å²) in [5.41, 5.74) is -9.91. The third-order valence-electron chi connectivity index (χ3n) is 6.63. The van der Waals surface area contributed by atoms with Gasteiger partial charge in [-0.3, -0.25) is 9.44 Å². The number of alkyl halides is 6. The molecule has 0 aliphatic rings. The maximum absolute atomic E-state index is 12.8. The van der Waals surface area contributed by atoms with Crippen LogP contribution in [-0.2, 0) is 30.9 Å². The van der Waals surface area contributed by atoms with Crippen LogP contribution >= 0.6 is 0 Å². The van der Waals surface area contributed by atoms with E-state index in [0.717, 1.165) is 11.1 Å². The van der Waals surface area contributed by atoms with Gasteiger partial charge in [0.25, 0.3) is 0 Å². The molecular weight excluding hydrogens is 582 g/mol. The van der Waals surface area contributed by atoms with Crippen LogP contribution in [0.2, 0.25) is 0 Å². The van der Waals surface area contributed by atoms with E-state index in [1.54, 1.807) is 10.8 Å². The molecule has 0 aromatic heterocycles. The Kier molecular flexibility index (Phi) is 8.05. The lowest BCUT2D eigenvalue weighted by molar-refractivity contribution is -0.0435. The first-order chi connectivity index (χ1) is 18.1. The lowest BCUT2D eigenvalue weighted by atomic mass is 9.74. The molecule has 0 heterocycles. The monoisotopic (exact) mass is 608 g/mol. The zero-order valence-electron chi connectivity index (χ0n) is 21.6. The first-order valence-corrected chi connectivity index (χ1v) is 14.5. The van der Waals surface area contributed by atoms with Gasteiger partial charge in [-0.05, 0) is 46.5 Å². The van der Waals surface area contributed by atoms with Crippen molar-refractivity contribution < 1.29 is 43.2 Å². The van der Waals surface area contributed by atoms with Gasteiger partial charge in [0.1, 0.15) is 0 Å². The van der Waals surface area contributed by atoms with Gasteiger partial charge >= 0.3 is 31.1 Å². The molecule has 0 aliphatic carbocycles. The molecule has 0 unspecified atom stereocenters. The number of nitrogens with one attached hydrogen (secondary N) is 2. The zero-order valence-corrected chi connectivity index (χ0v) is 23.3. The van der Waals surface area contributed by atoms with Crippen LogP contribution in [0.3, 0.4) is 0 Å². The molecule has 0 saturated carbocycles. The van der Waals surface area contributed by atoms with E-state index in [1.165, 1.54) is 47.2 Å². The van der Waals surface area contributed by atoms with E-state index in [9.17, 15) is 43.2 Å². The van der Waals surface area contributed by atoms with Crippen LogP contribution in [0.25, 0.3) is 0 Å². The molecule has 14 heteroatoms. The highest BCUT2D eigenvalue weighted by Gasteiger charge is 2.47. The smallest absolute Gasteiger partial charge is 0.276 e. The second-order valence-corrected chi connectivity index (χ2v) is 13.4. The normalized spacial score (nSPS) is 13.7. The standard InChI is InChI=1S/C26H26F6N2O4S2/c1-23(2,19-12-14-21(15-13-19)33-39(35,36)25(27,28)29)17-8-10-18(11-9-17)24(3,4)20-6-5-7-22(16-20)34-40(37,38)26(30,31)32/h5-16,33-34H,1-4H3. The van der Waals surface area contributed by atoms with Gasteiger partial charge in [-0.25, -0.2) is 0 Å². The van der Waals surface area contributed by atoms with Gasteiger partial charge in [-0.15, -0.1) is 0 Å². The summed E-state index contributed by atoms with van der Waals surface area (Å²) in [6.45, 7) is 7.40. The summed E-state index contributed by atoms with van der Waals surface area (Å²) < 4.78 is 125. The van der Waals surface area contributed by atoms with E-state index in [0.29, 0.717) is 11.1 Å². The van der Waals surface area contributed by atoms with Crippen molar-refractivity contribution in [3.05, 3.63) is 95.1 Å². The summed E-state index contributed by atoms with van der Waals surface area (Å²) in [5.74, 6) is 0. The van der Waals surface area contributed by atoms with Crippen molar-refractivity contribution in [3.63, 3.8) is 0 Å². The summed E-state index contributed by atoms with van der Waals surface area (Å²) in [7, 11) is -11.1. The predicted octanol–water partition coefficient (Wildman–Crippen LogP) is 6.86. The summed E-state index contributed by atoms with van der Waals surface area (Å²) in [5, 5.41) is 0. The average molecular weight is 609 g/mol. The van der Waals surface area contributed by atoms with Crippen LogP contribution in [0.15, 0.2) is 72.8 Å². The third kappa shape index (κ3) is 6.38. The lowest BCUT2D eigenvalue weighted by Gasteiger charge is -2.30. The maximum Gasteiger partial charge on any atom is 0.516 e. The van der Waals surface area contributed by atoms with Gasteiger partial charge in [-0.1, -0.05) is 76.2 Å². The summed E-state index contributed by atoms with van der Waals surface area (Å²) in [4.78, 5) is 0. The summed E-state index contributed by atoms with van der Waals surface area (Å²) in [6, 6.07) is 18.4. The minimum absolute atomic E-state index is 0.235. The first kappa shape index (κ1) is 31.3. The Hall–Kier alpha value is -3.26. The fraction of sp³-hybridized carbons (Fsp3) is 0.308. The van der Waals surface area contributed by atoms with Crippen molar-refractivity contribution >= 4 is 31.4 Å². The number of sulfonamides is 2. The van der Waals surface area contributed by atoms with Crippen LogP contribution < -0.4 is 9.44 Å². The minimum Gasteiger partial charge on any atom is -0.276 e. The Morgan fingerprint density at radius 2 is 0.850 bits per heavy atom. The van der Waals surface area contributed by atoms with Gasteiger partial charge in [0.05, 0.1) is 0 Å². The van der Waals surface area contributed by atoms with Gasteiger partial charge in [0.15, 0.2) is 0 Å². The Bertz CT molecular complexity index is 1580. The molecule has 218 valence electrons. The van der Waals surface area contributed by atoms with Crippen molar-refractivity contribution in [2.45, 2.75) is 49.5 Å². The molecule has 40 heavy (non-hydrogen) atoms. The van der Waals surface area contributed by atoms with E-state index in [-0.39, 0.29) is 11.4 Å². The second-order valence-electron chi connectivity index (χ2n) is 10.1. The number of hydrogen-bond donors (Lipinski definition) is 2.